The van der Waals surface area contributed by atoms with Crippen LogP contribution in [0.1, 0.15) is 33.1 Å². The Morgan fingerprint density at radius 3 is 2.67 bits per heavy atom. The van der Waals surface area contributed by atoms with Crippen LogP contribution in [0.25, 0.3) is 0 Å². The van der Waals surface area contributed by atoms with Crippen LogP contribution in [0.4, 0.5) is 0 Å². The third-order valence-electron chi connectivity index (χ3n) is 2.44. The highest BCUT2D eigenvalue weighted by atomic mass is 32.1. The molecule has 70 valence electrons. The van der Waals surface area contributed by atoms with Crippen LogP contribution in [0.5, 0.6) is 0 Å². The number of thiol groups is 2. The van der Waals surface area contributed by atoms with E-state index in [0.29, 0.717) is 5.41 Å². The summed E-state index contributed by atoms with van der Waals surface area (Å²) in [4.78, 5) is 0. The molecule has 1 saturated heterocycles. The molecule has 12 heavy (non-hydrogen) atoms. The molecule has 4 heteroatoms. The molecule has 0 atom stereocenters. The number of rotatable bonds is 0. The number of hydrogen-bond donors (Lipinski definition) is 2. The normalized spacial score (nSPS) is 27.3. The monoisotopic (exact) mass is 204 g/mol. The molecule has 0 unspecified atom stereocenters. The predicted molar refractivity (Wildman–Crippen MR) is 59.7 cm³/mol. The van der Waals surface area contributed by atoms with Gasteiger partial charge < -0.3 is 4.31 Å². The summed E-state index contributed by atoms with van der Waals surface area (Å²) >= 11 is 8.26. The molecule has 0 amide bonds. The third-order valence-corrected chi connectivity index (χ3v) is 3.10. The second-order valence-electron chi connectivity index (χ2n) is 4.05. The highest BCUT2D eigenvalue weighted by Crippen LogP contribution is 2.31. The van der Waals surface area contributed by atoms with Gasteiger partial charge in [0.25, 0.3) is 0 Å². The van der Waals surface area contributed by atoms with E-state index in [-0.39, 0.29) is 0 Å². The summed E-state index contributed by atoms with van der Waals surface area (Å²) in [5.41, 5.74) is 0.418. The second-order valence-corrected chi connectivity index (χ2v) is 4.74. The molecule has 0 aromatic carbocycles. The molecule has 0 bridgehead atoms. The molecule has 1 aliphatic rings. The minimum Gasteiger partial charge on any atom is -0.306 e. The van der Waals surface area contributed by atoms with Crippen LogP contribution in [0.2, 0.25) is 0 Å². The summed E-state index contributed by atoms with van der Waals surface area (Å²) in [6.07, 6.45) is 3.33. The fourth-order valence-corrected chi connectivity index (χ4v) is 1.87. The van der Waals surface area contributed by atoms with Gasteiger partial charge in [0, 0.05) is 13.0 Å². The molecule has 1 aliphatic heterocycles. The lowest BCUT2D eigenvalue weighted by atomic mass is 9.85. The lowest BCUT2D eigenvalue weighted by Crippen LogP contribution is -2.20. The van der Waals surface area contributed by atoms with Gasteiger partial charge in [0.15, 0.2) is 0 Å². The van der Waals surface area contributed by atoms with E-state index in [2.05, 4.69) is 43.9 Å². The van der Waals surface area contributed by atoms with Crippen LogP contribution in [-0.2, 0) is 0 Å². The molecule has 0 saturated carbocycles. The Balaban J connectivity index is 2.65. The summed E-state index contributed by atoms with van der Waals surface area (Å²) in [6.45, 7) is 5.54. The largest absolute Gasteiger partial charge is 0.306 e. The van der Waals surface area contributed by atoms with Gasteiger partial charge in [0.1, 0.15) is 5.84 Å². The van der Waals surface area contributed by atoms with E-state index in [1.54, 1.807) is 0 Å². The molecule has 0 aliphatic carbocycles. The van der Waals surface area contributed by atoms with Gasteiger partial charge >= 0.3 is 0 Å². The van der Waals surface area contributed by atoms with Crippen molar-refractivity contribution < 1.29 is 0 Å². The Hall–Kier alpha value is 0.170. The van der Waals surface area contributed by atoms with E-state index in [1.165, 1.54) is 12.8 Å². The molecule has 1 heterocycles. The SMILES string of the molecule is CC1(C)CC/C(=N\S)N(S)CC1. The van der Waals surface area contributed by atoms with Gasteiger partial charge in [-0.1, -0.05) is 26.7 Å². The van der Waals surface area contributed by atoms with E-state index >= 15 is 0 Å². The van der Waals surface area contributed by atoms with E-state index < -0.39 is 0 Å². The van der Waals surface area contributed by atoms with Gasteiger partial charge in [0.2, 0.25) is 0 Å². The van der Waals surface area contributed by atoms with Crippen molar-refractivity contribution in [3.05, 3.63) is 0 Å². The van der Waals surface area contributed by atoms with Gasteiger partial charge in [-0.15, -0.1) is 0 Å². The third kappa shape index (κ3) is 2.59. The van der Waals surface area contributed by atoms with Gasteiger partial charge in [-0.3, -0.25) is 0 Å². The highest BCUT2D eigenvalue weighted by Gasteiger charge is 2.24. The number of amidine groups is 1. The maximum absolute atomic E-state index is 4.34. The molecule has 0 spiro atoms. The first kappa shape index (κ1) is 10.3. The molecule has 0 N–H and O–H groups in total. The Labute approximate surface area is 85.5 Å². The first-order valence-electron chi connectivity index (χ1n) is 4.22. The van der Waals surface area contributed by atoms with Crippen LogP contribution in [-0.4, -0.2) is 16.7 Å². The zero-order valence-corrected chi connectivity index (χ0v) is 9.41. The summed E-state index contributed by atoms with van der Waals surface area (Å²) in [5, 5.41) is 0. The first-order chi connectivity index (χ1) is 5.55. The smallest absolute Gasteiger partial charge is 0.122 e. The quantitative estimate of drug-likeness (QED) is 0.579. The minimum absolute atomic E-state index is 0.418. The van der Waals surface area contributed by atoms with Crippen molar-refractivity contribution in [1.82, 2.24) is 4.31 Å². The van der Waals surface area contributed by atoms with Gasteiger partial charge in [-0.2, -0.15) is 0 Å². The van der Waals surface area contributed by atoms with Crippen molar-refractivity contribution in [2.24, 2.45) is 9.81 Å². The Morgan fingerprint density at radius 1 is 1.42 bits per heavy atom. The van der Waals surface area contributed by atoms with Crippen molar-refractivity contribution in [3.63, 3.8) is 0 Å². The van der Waals surface area contributed by atoms with Gasteiger partial charge in [0.05, 0.1) is 0 Å². The van der Waals surface area contributed by atoms with E-state index in [9.17, 15) is 0 Å². The summed E-state index contributed by atoms with van der Waals surface area (Å²) in [7, 11) is 0. The lowest BCUT2D eigenvalue weighted by molar-refractivity contribution is 0.318. The standard InChI is InChI=1S/C8H16N2S2/c1-8(2)4-3-7(9-11)10(12)6-5-8/h11-12H,3-6H2,1-2H3/b9-7+. The van der Waals surface area contributed by atoms with Crippen molar-refractivity contribution in [2.45, 2.75) is 33.1 Å². The van der Waals surface area contributed by atoms with E-state index in [4.69, 9.17) is 0 Å². The minimum atomic E-state index is 0.418. The number of hydrogen-bond acceptors (Lipinski definition) is 3. The fraction of sp³-hybridized carbons (Fsp3) is 0.875. The van der Waals surface area contributed by atoms with Crippen LogP contribution >= 0.6 is 25.6 Å². The molecule has 0 aromatic heterocycles. The average molecular weight is 204 g/mol. The first-order valence-corrected chi connectivity index (χ1v) is 5.02. The molecule has 1 rings (SSSR count). The maximum atomic E-state index is 4.34. The second kappa shape index (κ2) is 3.92. The van der Waals surface area contributed by atoms with Crippen LogP contribution in [0, 0.1) is 5.41 Å². The molecule has 2 nitrogen and oxygen atoms in total. The maximum Gasteiger partial charge on any atom is 0.122 e. The number of nitrogens with zero attached hydrogens (tertiary/aromatic N) is 2. The van der Waals surface area contributed by atoms with Gasteiger partial charge in [-0.25, -0.2) is 4.40 Å². The molecular formula is C8H16N2S2. The molecular weight excluding hydrogens is 188 g/mol. The van der Waals surface area contributed by atoms with Crippen molar-refractivity contribution in [3.8, 4) is 0 Å². The zero-order valence-electron chi connectivity index (χ0n) is 7.62. The lowest BCUT2D eigenvalue weighted by Gasteiger charge is -2.21. The van der Waals surface area contributed by atoms with Crippen LogP contribution in [0.3, 0.4) is 0 Å². The van der Waals surface area contributed by atoms with Gasteiger partial charge in [-0.05, 0) is 31.1 Å². The molecule has 0 aromatic rings. The van der Waals surface area contributed by atoms with Crippen LogP contribution in [0.15, 0.2) is 4.40 Å². The Morgan fingerprint density at radius 2 is 2.08 bits per heavy atom. The predicted octanol–water partition coefficient (Wildman–Crippen LogP) is 2.59. The fourth-order valence-electron chi connectivity index (χ4n) is 1.34. The average Bonchev–Trinajstić information content (AvgIpc) is 2.13. The van der Waals surface area contributed by atoms with Crippen molar-refractivity contribution in [1.29, 1.82) is 0 Å². The molecule has 0 radical (unpaired) electrons. The van der Waals surface area contributed by atoms with E-state index in [1.807, 2.05) is 4.31 Å². The van der Waals surface area contributed by atoms with Crippen LogP contribution < -0.4 is 0 Å². The molecule has 1 fully saturated rings. The zero-order chi connectivity index (χ0) is 9.19. The summed E-state index contributed by atoms with van der Waals surface area (Å²) in [6, 6.07) is 0. The van der Waals surface area contributed by atoms with E-state index in [0.717, 1.165) is 18.8 Å². The Kier molecular flexibility index (Phi) is 3.35. The van der Waals surface area contributed by atoms with Crippen molar-refractivity contribution in [2.75, 3.05) is 6.54 Å². The summed E-state index contributed by atoms with van der Waals surface area (Å²) in [5.74, 6) is 0.993. The topological polar surface area (TPSA) is 15.6 Å². The highest BCUT2D eigenvalue weighted by molar-refractivity contribution is 7.79. The van der Waals surface area contributed by atoms with Crippen molar-refractivity contribution >= 4 is 31.5 Å². The Bertz CT molecular complexity index is 189. The summed E-state index contributed by atoms with van der Waals surface area (Å²) < 4.78 is 5.82.